The van der Waals surface area contributed by atoms with Gasteiger partial charge in [-0.1, -0.05) is 158 Å². The highest BCUT2D eigenvalue weighted by molar-refractivity contribution is 6.10. The van der Waals surface area contributed by atoms with Crippen LogP contribution in [0, 0.1) is 0 Å². The van der Waals surface area contributed by atoms with E-state index < -0.39 is 5.41 Å². The van der Waals surface area contributed by atoms with E-state index in [1.54, 1.807) is 0 Å². The SMILES string of the molecule is c1ccc(C(c2ccccc2)(c2cccc(-n3c4ccccc4c4ccccc43)c2)c2cccc(-n3c4ccccc4c4ccccc43)c2)cc1. The van der Waals surface area contributed by atoms with Gasteiger partial charge >= 0.3 is 0 Å². The van der Waals surface area contributed by atoms with Crippen molar-refractivity contribution in [2.24, 2.45) is 0 Å². The number of rotatable bonds is 6. The smallest absolute Gasteiger partial charge is 0.0703 e. The van der Waals surface area contributed by atoms with Gasteiger partial charge in [-0.15, -0.1) is 0 Å². The molecular formula is C49H34N2. The van der Waals surface area contributed by atoms with Crippen molar-refractivity contribution < 1.29 is 0 Å². The summed E-state index contributed by atoms with van der Waals surface area (Å²) >= 11 is 0. The van der Waals surface area contributed by atoms with Crippen molar-refractivity contribution in [3.05, 3.63) is 229 Å². The molecule has 2 aromatic heterocycles. The van der Waals surface area contributed by atoms with Crippen LogP contribution in [0.25, 0.3) is 55.0 Å². The molecule has 0 saturated heterocycles. The standard InChI is InChI=1S/C49H34N2/c1-3-17-35(18-4-1)49(36-19-5-2-6-20-36,37-21-15-23-39(33-37)50-45-29-11-7-25-41(45)42-26-8-12-30-46(42)50)38-22-16-24-40(34-38)51-47-31-13-9-27-43(47)44-28-10-14-32-48(44)51/h1-34H. The molecule has 8 aromatic carbocycles. The van der Waals surface area contributed by atoms with E-state index in [2.05, 4.69) is 215 Å². The molecule has 0 spiro atoms. The lowest BCUT2D eigenvalue weighted by Gasteiger charge is -2.37. The molecule has 240 valence electrons. The Morgan fingerprint density at radius 3 is 0.902 bits per heavy atom. The van der Waals surface area contributed by atoms with Crippen LogP contribution in [0.2, 0.25) is 0 Å². The molecule has 10 rings (SSSR count). The molecule has 0 bridgehead atoms. The Kier molecular flexibility index (Phi) is 6.75. The molecule has 0 saturated carbocycles. The van der Waals surface area contributed by atoms with Gasteiger partial charge in [0.1, 0.15) is 0 Å². The number of fused-ring (bicyclic) bond motifs is 6. The molecule has 2 heteroatoms. The second-order valence-corrected chi connectivity index (χ2v) is 13.3. The van der Waals surface area contributed by atoms with Crippen LogP contribution in [0.5, 0.6) is 0 Å². The summed E-state index contributed by atoms with van der Waals surface area (Å²) < 4.78 is 4.84. The van der Waals surface area contributed by atoms with E-state index in [0.717, 1.165) is 11.4 Å². The zero-order valence-corrected chi connectivity index (χ0v) is 28.0. The minimum absolute atomic E-state index is 0.619. The van der Waals surface area contributed by atoms with Crippen molar-refractivity contribution in [1.29, 1.82) is 0 Å². The van der Waals surface area contributed by atoms with Crippen LogP contribution < -0.4 is 0 Å². The summed E-state index contributed by atoms with van der Waals surface area (Å²) in [5, 5.41) is 5.04. The van der Waals surface area contributed by atoms with Gasteiger partial charge in [-0.2, -0.15) is 0 Å². The van der Waals surface area contributed by atoms with Gasteiger partial charge in [-0.05, 0) is 70.8 Å². The van der Waals surface area contributed by atoms with E-state index in [0.29, 0.717) is 0 Å². The summed E-state index contributed by atoms with van der Waals surface area (Å²) in [6, 6.07) is 75.4. The van der Waals surface area contributed by atoms with Crippen molar-refractivity contribution in [3.8, 4) is 11.4 Å². The minimum Gasteiger partial charge on any atom is -0.309 e. The molecule has 0 aliphatic heterocycles. The van der Waals surface area contributed by atoms with Crippen molar-refractivity contribution in [1.82, 2.24) is 9.13 Å². The molecular weight excluding hydrogens is 617 g/mol. The second kappa shape index (κ2) is 11.8. The van der Waals surface area contributed by atoms with E-state index in [-0.39, 0.29) is 0 Å². The Morgan fingerprint density at radius 2 is 0.549 bits per heavy atom. The Hall–Kier alpha value is -6.64. The van der Waals surface area contributed by atoms with Gasteiger partial charge < -0.3 is 9.13 Å². The topological polar surface area (TPSA) is 9.86 Å². The highest BCUT2D eigenvalue weighted by Gasteiger charge is 2.39. The molecule has 0 aliphatic rings. The van der Waals surface area contributed by atoms with E-state index in [9.17, 15) is 0 Å². The van der Waals surface area contributed by atoms with Crippen molar-refractivity contribution in [2.75, 3.05) is 0 Å². The first-order valence-electron chi connectivity index (χ1n) is 17.6. The summed E-state index contributed by atoms with van der Waals surface area (Å²) in [5.41, 5.74) is 11.3. The summed E-state index contributed by atoms with van der Waals surface area (Å²) in [5.74, 6) is 0. The minimum atomic E-state index is -0.619. The predicted molar refractivity (Wildman–Crippen MR) is 213 cm³/mol. The van der Waals surface area contributed by atoms with Crippen LogP contribution in [0.3, 0.4) is 0 Å². The first-order valence-corrected chi connectivity index (χ1v) is 17.6. The second-order valence-electron chi connectivity index (χ2n) is 13.3. The predicted octanol–water partition coefficient (Wildman–Crippen LogP) is 12.3. The number of aromatic nitrogens is 2. The third-order valence-corrected chi connectivity index (χ3v) is 10.6. The molecule has 0 unspecified atom stereocenters. The zero-order chi connectivity index (χ0) is 33.8. The van der Waals surface area contributed by atoms with Crippen molar-refractivity contribution in [2.45, 2.75) is 5.41 Å². The quantitative estimate of drug-likeness (QED) is 0.159. The van der Waals surface area contributed by atoms with Gasteiger partial charge in [0.15, 0.2) is 0 Å². The molecule has 0 aliphatic carbocycles. The number of nitrogens with zero attached hydrogens (tertiary/aromatic N) is 2. The Bertz CT molecular complexity index is 2550. The van der Waals surface area contributed by atoms with Gasteiger partial charge in [0.2, 0.25) is 0 Å². The highest BCUT2D eigenvalue weighted by Crippen LogP contribution is 2.47. The molecule has 0 fully saturated rings. The van der Waals surface area contributed by atoms with E-state index in [4.69, 9.17) is 0 Å². The third-order valence-electron chi connectivity index (χ3n) is 10.6. The lowest BCUT2D eigenvalue weighted by Crippen LogP contribution is -2.31. The summed E-state index contributed by atoms with van der Waals surface area (Å²) in [6.45, 7) is 0. The van der Waals surface area contributed by atoms with Crippen molar-refractivity contribution in [3.63, 3.8) is 0 Å². The van der Waals surface area contributed by atoms with Gasteiger partial charge in [-0.3, -0.25) is 0 Å². The van der Waals surface area contributed by atoms with Crippen LogP contribution in [0.15, 0.2) is 206 Å². The van der Waals surface area contributed by atoms with E-state index in [1.807, 2.05) is 0 Å². The number of hydrogen-bond acceptors (Lipinski definition) is 0. The summed E-state index contributed by atoms with van der Waals surface area (Å²) in [7, 11) is 0. The lowest BCUT2D eigenvalue weighted by atomic mass is 9.65. The molecule has 0 radical (unpaired) electrons. The molecule has 51 heavy (non-hydrogen) atoms. The number of para-hydroxylation sites is 4. The average molecular weight is 651 g/mol. The lowest BCUT2D eigenvalue weighted by molar-refractivity contribution is 0.743. The average Bonchev–Trinajstić information content (AvgIpc) is 3.73. The maximum atomic E-state index is 2.42. The molecule has 10 aromatic rings. The molecule has 2 heterocycles. The number of benzene rings is 8. The normalized spacial score (nSPS) is 11.9. The van der Waals surface area contributed by atoms with E-state index in [1.165, 1.54) is 65.9 Å². The largest absolute Gasteiger partial charge is 0.309 e. The molecule has 0 atom stereocenters. The summed E-state index contributed by atoms with van der Waals surface area (Å²) in [6.07, 6.45) is 0. The van der Waals surface area contributed by atoms with Crippen LogP contribution in [-0.4, -0.2) is 9.13 Å². The van der Waals surface area contributed by atoms with Gasteiger partial charge in [0.05, 0.1) is 27.5 Å². The zero-order valence-electron chi connectivity index (χ0n) is 28.0. The highest BCUT2D eigenvalue weighted by atomic mass is 15.0. The fraction of sp³-hybridized carbons (Fsp3) is 0.0204. The van der Waals surface area contributed by atoms with Crippen LogP contribution in [-0.2, 0) is 5.41 Å². The third kappa shape index (κ3) is 4.43. The Labute approximate surface area is 297 Å². The Balaban J connectivity index is 1.29. The van der Waals surface area contributed by atoms with Crippen LogP contribution in [0.1, 0.15) is 22.3 Å². The first-order chi connectivity index (χ1) is 25.3. The monoisotopic (exact) mass is 650 g/mol. The fourth-order valence-electron chi connectivity index (χ4n) is 8.53. The maximum Gasteiger partial charge on any atom is 0.0703 e. The van der Waals surface area contributed by atoms with Crippen LogP contribution in [0.4, 0.5) is 0 Å². The first kappa shape index (κ1) is 29.3. The summed E-state index contributed by atoms with van der Waals surface area (Å²) in [4.78, 5) is 0. The van der Waals surface area contributed by atoms with Gasteiger partial charge in [0.25, 0.3) is 0 Å². The maximum absolute atomic E-state index is 2.42. The fourth-order valence-corrected chi connectivity index (χ4v) is 8.53. The van der Waals surface area contributed by atoms with Crippen LogP contribution >= 0.6 is 0 Å². The van der Waals surface area contributed by atoms with Crippen molar-refractivity contribution >= 4 is 43.6 Å². The van der Waals surface area contributed by atoms with Gasteiger partial charge in [0, 0.05) is 32.9 Å². The number of hydrogen-bond donors (Lipinski definition) is 0. The molecule has 0 amide bonds. The Morgan fingerprint density at radius 1 is 0.255 bits per heavy atom. The molecule has 2 nitrogen and oxygen atoms in total. The molecule has 0 N–H and O–H groups in total. The van der Waals surface area contributed by atoms with Gasteiger partial charge in [-0.25, -0.2) is 0 Å². The van der Waals surface area contributed by atoms with E-state index >= 15 is 0 Å².